The molecule has 1 rings (SSSR count). The van der Waals surface area contributed by atoms with E-state index in [1.165, 1.54) is 0 Å². The molecule has 0 unspecified atom stereocenters. The number of thioether (sulfide) groups is 1. The molecule has 4 heteroatoms. The summed E-state index contributed by atoms with van der Waals surface area (Å²) in [5.74, 6) is 1.12. The predicted octanol–water partition coefficient (Wildman–Crippen LogP) is 0.124. The van der Waals surface area contributed by atoms with Gasteiger partial charge in [0, 0.05) is 17.7 Å². The van der Waals surface area contributed by atoms with Crippen molar-refractivity contribution in [2.75, 3.05) is 11.6 Å². The summed E-state index contributed by atoms with van der Waals surface area (Å²) in [4.78, 5) is 10.1. The lowest BCUT2D eigenvalue weighted by Crippen LogP contribution is -2.26. The Balaban J connectivity index is 2.19. The van der Waals surface area contributed by atoms with Crippen LogP contribution in [0.3, 0.4) is 0 Å². The zero-order valence-corrected chi connectivity index (χ0v) is 5.78. The summed E-state index contributed by atoms with van der Waals surface area (Å²) in [5, 5.41) is 11.4. The van der Waals surface area contributed by atoms with Gasteiger partial charge in [0.25, 0.3) is 0 Å². The average Bonchev–Trinajstić information content (AvgIpc) is 2.15. The third kappa shape index (κ3) is 2.24. The maximum atomic E-state index is 10.1. The Labute approximate surface area is 57.8 Å². The van der Waals surface area contributed by atoms with Crippen LogP contribution < -0.4 is 5.32 Å². The molecule has 0 bridgehead atoms. The zero-order valence-electron chi connectivity index (χ0n) is 4.96. The van der Waals surface area contributed by atoms with E-state index in [0.29, 0.717) is 0 Å². The third-order valence-electron chi connectivity index (χ3n) is 1.21. The molecule has 0 aromatic carbocycles. The van der Waals surface area contributed by atoms with E-state index in [0.717, 1.165) is 11.6 Å². The van der Waals surface area contributed by atoms with Crippen LogP contribution in [0.2, 0.25) is 0 Å². The molecular weight excluding hydrogens is 138 g/mol. The zero-order chi connectivity index (χ0) is 6.69. The molecule has 0 aromatic heterocycles. The van der Waals surface area contributed by atoms with Gasteiger partial charge in [0.05, 0.1) is 6.42 Å². The Hall–Kier alpha value is -0.220. The van der Waals surface area contributed by atoms with Crippen LogP contribution in [0.15, 0.2) is 0 Å². The SMILES string of the molecule is O=C(O)C[C@H]1CSCN1. The Morgan fingerprint density at radius 1 is 1.89 bits per heavy atom. The lowest BCUT2D eigenvalue weighted by molar-refractivity contribution is -0.137. The van der Waals surface area contributed by atoms with Crippen molar-refractivity contribution in [3.05, 3.63) is 0 Å². The number of carbonyl (C=O) groups is 1. The lowest BCUT2D eigenvalue weighted by atomic mass is 10.2. The Kier molecular flexibility index (Phi) is 2.36. The normalized spacial score (nSPS) is 26.4. The largest absolute Gasteiger partial charge is 0.481 e. The second-order valence-corrected chi connectivity index (χ2v) is 3.04. The molecule has 0 aromatic rings. The van der Waals surface area contributed by atoms with Crippen LogP contribution >= 0.6 is 11.8 Å². The average molecular weight is 147 g/mol. The van der Waals surface area contributed by atoms with Gasteiger partial charge in [0.2, 0.25) is 0 Å². The number of hydrogen-bond acceptors (Lipinski definition) is 3. The molecule has 1 aliphatic heterocycles. The van der Waals surface area contributed by atoms with E-state index in [9.17, 15) is 4.79 Å². The van der Waals surface area contributed by atoms with Crippen LogP contribution in [-0.4, -0.2) is 28.7 Å². The Bertz CT molecular complexity index is 112. The number of hydrogen-bond donors (Lipinski definition) is 2. The van der Waals surface area contributed by atoms with Crippen LogP contribution in [0.5, 0.6) is 0 Å². The maximum absolute atomic E-state index is 10.1. The standard InChI is InChI=1S/C5H9NO2S/c7-5(8)1-4-2-9-3-6-4/h4,6H,1-3H2,(H,7,8)/t4-/m0/s1. The van der Waals surface area contributed by atoms with Gasteiger partial charge in [-0.2, -0.15) is 0 Å². The van der Waals surface area contributed by atoms with E-state index in [-0.39, 0.29) is 12.5 Å². The minimum atomic E-state index is -0.713. The minimum absolute atomic E-state index is 0.201. The van der Waals surface area contributed by atoms with Gasteiger partial charge in [-0.25, -0.2) is 0 Å². The predicted molar refractivity (Wildman–Crippen MR) is 36.5 cm³/mol. The van der Waals surface area contributed by atoms with E-state index in [2.05, 4.69) is 5.32 Å². The second-order valence-electron chi connectivity index (χ2n) is 2.01. The Morgan fingerprint density at radius 3 is 3.11 bits per heavy atom. The molecule has 1 atom stereocenters. The number of rotatable bonds is 2. The molecule has 52 valence electrons. The molecule has 2 N–H and O–H groups in total. The monoisotopic (exact) mass is 147 g/mol. The maximum Gasteiger partial charge on any atom is 0.304 e. The highest BCUT2D eigenvalue weighted by Crippen LogP contribution is 2.11. The summed E-state index contributed by atoms with van der Waals surface area (Å²) < 4.78 is 0. The highest BCUT2D eigenvalue weighted by molar-refractivity contribution is 7.99. The Morgan fingerprint density at radius 2 is 2.67 bits per heavy atom. The summed E-state index contributed by atoms with van der Waals surface area (Å²) in [7, 11) is 0. The van der Waals surface area contributed by atoms with Gasteiger partial charge in [-0.3, -0.25) is 4.79 Å². The fourth-order valence-corrected chi connectivity index (χ4v) is 1.77. The number of aliphatic carboxylic acids is 1. The summed E-state index contributed by atoms with van der Waals surface area (Å²) in [6.07, 6.45) is 0.257. The quantitative estimate of drug-likeness (QED) is 0.582. The van der Waals surface area contributed by atoms with Gasteiger partial charge >= 0.3 is 5.97 Å². The third-order valence-corrected chi connectivity index (χ3v) is 2.22. The van der Waals surface area contributed by atoms with Gasteiger partial charge in [-0.1, -0.05) is 0 Å². The molecule has 0 aliphatic carbocycles. The smallest absolute Gasteiger partial charge is 0.304 e. The van der Waals surface area contributed by atoms with Crippen molar-refractivity contribution >= 4 is 17.7 Å². The highest BCUT2D eigenvalue weighted by atomic mass is 32.2. The van der Waals surface area contributed by atoms with Crippen molar-refractivity contribution < 1.29 is 9.90 Å². The van der Waals surface area contributed by atoms with Crippen molar-refractivity contribution in [3.63, 3.8) is 0 Å². The van der Waals surface area contributed by atoms with Crippen LogP contribution in [-0.2, 0) is 4.79 Å². The summed E-state index contributed by atoms with van der Waals surface area (Å²) in [6, 6.07) is 0.201. The molecule has 0 radical (unpaired) electrons. The van der Waals surface area contributed by atoms with Crippen molar-refractivity contribution in [2.45, 2.75) is 12.5 Å². The van der Waals surface area contributed by atoms with Crippen molar-refractivity contribution in [1.29, 1.82) is 0 Å². The molecule has 1 aliphatic rings. The number of carboxylic acid groups (broad SMARTS) is 1. The van der Waals surface area contributed by atoms with Crippen molar-refractivity contribution in [2.24, 2.45) is 0 Å². The summed E-state index contributed by atoms with van der Waals surface area (Å²) in [5.41, 5.74) is 0. The topological polar surface area (TPSA) is 49.3 Å². The first-order chi connectivity index (χ1) is 4.29. The fourth-order valence-electron chi connectivity index (χ4n) is 0.779. The fraction of sp³-hybridized carbons (Fsp3) is 0.800. The van der Waals surface area contributed by atoms with Gasteiger partial charge in [0.15, 0.2) is 0 Å². The molecule has 1 saturated heterocycles. The van der Waals surface area contributed by atoms with Crippen molar-refractivity contribution in [3.8, 4) is 0 Å². The van der Waals surface area contributed by atoms with E-state index in [1.54, 1.807) is 11.8 Å². The minimum Gasteiger partial charge on any atom is -0.481 e. The molecule has 1 fully saturated rings. The van der Waals surface area contributed by atoms with Gasteiger partial charge in [0.1, 0.15) is 0 Å². The van der Waals surface area contributed by atoms with Crippen LogP contribution in [0.25, 0.3) is 0 Å². The van der Waals surface area contributed by atoms with Gasteiger partial charge in [-0.05, 0) is 0 Å². The summed E-state index contributed by atoms with van der Waals surface area (Å²) >= 11 is 1.75. The van der Waals surface area contributed by atoms with Crippen LogP contribution in [0.4, 0.5) is 0 Å². The van der Waals surface area contributed by atoms with E-state index in [4.69, 9.17) is 5.11 Å². The molecule has 0 amide bonds. The first-order valence-corrected chi connectivity index (χ1v) is 3.97. The van der Waals surface area contributed by atoms with E-state index >= 15 is 0 Å². The second kappa shape index (κ2) is 3.08. The van der Waals surface area contributed by atoms with Crippen LogP contribution in [0, 0.1) is 0 Å². The molecule has 0 spiro atoms. The number of nitrogens with one attached hydrogen (secondary N) is 1. The van der Waals surface area contributed by atoms with Gasteiger partial charge < -0.3 is 10.4 Å². The van der Waals surface area contributed by atoms with Crippen molar-refractivity contribution in [1.82, 2.24) is 5.32 Å². The summed E-state index contributed by atoms with van der Waals surface area (Å²) in [6.45, 7) is 0. The molecule has 3 nitrogen and oxygen atoms in total. The molecule has 0 saturated carbocycles. The van der Waals surface area contributed by atoms with Gasteiger partial charge in [-0.15, -0.1) is 11.8 Å². The lowest BCUT2D eigenvalue weighted by Gasteiger charge is -2.02. The van der Waals surface area contributed by atoms with Crippen LogP contribution in [0.1, 0.15) is 6.42 Å². The molecule has 9 heavy (non-hydrogen) atoms. The first kappa shape index (κ1) is 6.89. The number of carboxylic acids is 1. The molecule has 1 heterocycles. The highest BCUT2D eigenvalue weighted by Gasteiger charge is 2.16. The van der Waals surface area contributed by atoms with E-state index in [1.807, 2.05) is 0 Å². The van der Waals surface area contributed by atoms with E-state index < -0.39 is 5.97 Å². The first-order valence-electron chi connectivity index (χ1n) is 2.82. The molecular formula is C5H9NO2S.